The molecule has 4 aliphatic rings. The number of hydrogen-bond donors (Lipinski definition) is 0. The first-order valence-electron chi connectivity index (χ1n) is 12.1. The largest absolute Gasteiger partial charge is 0.457 e. The van der Waals surface area contributed by atoms with E-state index in [1.54, 1.807) is 19.9 Å². The molecule has 6 atom stereocenters. The third kappa shape index (κ3) is 3.43. The van der Waals surface area contributed by atoms with Crippen molar-refractivity contribution in [3.63, 3.8) is 0 Å². The summed E-state index contributed by atoms with van der Waals surface area (Å²) in [5.74, 6) is -2.23. The van der Waals surface area contributed by atoms with Gasteiger partial charge in [-0.2, -0.15) is 0 Å². The van der Waals surface area contributed by atoms with Crippen LogP contribution in [-0.4, -0.2) is 41.5 Å². The van der Waals surface area contributed by atoms with E-state index >= 15 is 0 Å². The van der Waals surface area contributed by atoms with E-state index in [0.29, 0.717) is 6.42 Å². The summed E-state index contributed by atoms with van der Waals surface area (Å²) in [6.45, 7) is 6.66. The Morgan fingerprint density at radius 3 is 2.44 bits per heavy atom. The quantitative estimate of drug-likeness (QED) is 0.550. The summed E-state index contributed by atoms with van der Waals surface area (Å²) < 4.78 is 11.0. The van der Waals surface area contributed by atoms with Crippen LogP contribution in [0.1, 0.15) is 59.8 Å². The van der Waals surface area contributed by atoms with Gasteiger partial charge in [0.25, 0.3) is 0 Å². The summed E-state index contributed by atoms with van der Waals surface area (Å²) in [5, 5.41) is 0. The van der Waals surface area contributed by atoms with Crippen LogP contribution in [0.3, 0.4) is 0 Å². The Hall–Kier alpha value is -2.83. The van der Waals surface area contributed by atoms with Crippen molar-refractivity contribution >= 4 is 29.3 Å². The van der Waals surface area contributed by atoms with Crippen LogP contribution in [0.15, 0.2) is 36.0 Å². The Labute approximate surface area is 199 Å². The molecule has 7 nitrogen and oxygen atoms in total. The monoisotopic (exact) mass is 468 g/mol. The van der Waals surface area contributed by atoms with E-state index in [0.717, 1.165) is 5.57 Å². The van der Waals surface area contributed by atoms with Gasteiger partial charge in [-0.25, -0.2) is 0 Å². The molecule has 1 unspecified atom stereocenters. The molecule has 0 N–H and O–H groups in total. The molecule has 34 heavy (non-hydrogen) atoms. The maximum Gasteiger partial charge on any atom is 0.306 e. The van der Waals surface area contributed by atoms with Gasteiger partial charge in [-0.15, -0.1) is 0 Å². The smallest absolute Gasteiger partial charge is 0.306 e. The SMILES string of the molecule is CCC(=O)OCC(=O)[C@@]1(OC(=O)CC)CC[C@H]2[C@@H]3C=CC4=CC(=O)C=CC4(C)[C@H]3C(=O)C[C@@]21C. The summed E-state index contributed by atoms with van der Waals surface area (Å²) in [5.41, 5.74) is -2.23. The molecule has 0 bridgehead atoms. The van der Waals surface area contributed by atoms with Crippen LogP contribution in [0.2, 0.25) is 0 Å². The van der Waals surface area contributed by atoms with Crippen molar-refractivity contribution in [2.24, 2.45) is 28.6 Å². The van der Waals surface area contributed by atoms with Crippen LogP contribution >= 0.6 is 0 Å². The zero-order valence-electron chi connectivity index (χ0n) is 20.2. The van der Waals surface area contributed by atoms with Crippen LogP contribution in [0.4, 0.5) is 0 Å². The highest BCUT2D eigenvalue weighted by molar-refractivity contribution is 6.02. The van der Waals surface area contributed by atoms with Crippen molar-refractivity contribution in [3.8, 4) is 0 Å². The predicted octanol–water partition coefficient (Wildman–Crippen LogP) is 3.46. The van der Waals surface area contributed by atoms with E-state index in [9.17, 15) is 24.0 Å². The zero-order chi connectivity index (χ0) is 24.9. The second-order valence-corrected chi connectivity index (χ2v) is 10.3. The van der Waals surface area contributed by atoms with Crippen molar-refractivity contribution < 1.29 is 33.4 Å². The van der Waals surface area contributed by atoms with Crippen molar-refractivity contribution in [2.75, 3.05) is 6.61 Å². The number of Topliss-reactive ketones (excluding diaryl/α,β-unsaturated/α-hetero) is 2. The van der Waals surface area contributed by atoms with Crippen molar-refractivity contribution in [1.29, 1.82) is 0 Å². The third-order valence-electron chi connectivity index (χ3n) is 8.62. The Balaban J connectivity index is 1.75. The van der Waals surface area contributed by atoms with Gasteiger partial charge in [0.15, 0.2) is 18.0 Å². The number of carbonyl (C=O) groups is 5. The number of fused-ring (bicyclic) bond motifs is 5. The molecule has 0 spiro atoms. The molecule has 0 saturated heterocycles. The lowest BCUT2D eigenvalue weighted by atomic mass is 9.48. The number of carbonyl (C=O) groups excluding carboxylic acids is 5. The molecule has 0 aromatic carbocycles. The molecule has 0 amide bonds. The number of esters is 2. The van der Waals surface area contributed by atoms with Gasteiger partial charge < -0.3 is 9.47 Å². The van der Waals surface area contributed by atoms with E-state index < -0.39 is 40.8 Å². The van der Waals surface area contributed by atoms with Crippen LogP contribution in [-0.2, 0) is 33.4 Å². The van der Waals surface area contributed by atoms with Crippen molar-refractivity contribution in [1.82, 2.24) is 0 Å². The summed E-state index contributed by atoms with van der Waals surface area (Å²) >= 11 is 0. The molecule has 0 aromatic heterocycles. The van der Waals surface area contributed by atoms with Crippen LogP contribution in [0.5, 0.6) is 0 Å². The zero-order valence-corrected chi connectivity index (χ0v) is 20.2. The van der Waals surface area contributed by atoms with E-state index in [4.69, 9.17) is 9.47 Å². The third-order valence-corrected chi connectivity index (χ3v) is 8.62. The van der Waals surface area contributed by atoms with E-state index in [2.05, 4.69) is 0 Å². The topological polar surface area (TPSA) is 104 Å². The fourth-order valence-corrected chi connectivity index (χ4v) is 6.80. The molecule has 182 valence electrons. The highest BCUT2D eigenvalue weighted by Crippen LogP contribution is 2.65. The lowest BCUT2D eigenvalue weighted by molar-refractivity contribution is -0.190. The summed E-state index contributed by atoms with van der Waals surface area (Å²) in [7, 11) is 0. The Morgan fingerprint density at radius 2 is 1.76 bits per heavy atom. The Kier molecular flexibility index (Phi) is 6.03. The Bertz CT molecular complexity index is 1050. The van der Waals surface area contributed by atoms with Crippen LogP contribution in [0, 0.1) is 28.6 Å². The lowest BCUT2D eigenvalue weighted by Gasteiger charge is -2.55. The van der Waals surface area contributed by atoms with Crippen LogP contribution < -0.4 is 0 Å². The predicted molar refractivity (Wildman–Crippen MR) is 122 cm³/mol. The number of ketones is 3. The van der Waals surface area contributed by atoms with Gasteiger partial charge in [0, 0.05) is 36.0 Å². The Morgan fingerprint density at radius 1 is 1.06 bits per heavy atom. The van der Waals surface area contributed by atoms with E-state index in [1.807, 2.05) is 32.1 Å². The highest BCUT2D eigenvalue weighted by Gasteiger charge is 2.70. The molecule has 2 fully saturated rings. The number of ether oxygens (including phenoxy) is 2. The van der Waals surface area contributed by atoms with Gasteiger partial charge in [-0.3, -0.25) is 24.0 Å². The maximum absolute atomic E-state index is 13.8. The van der Waals surface area contributed by atoms with Gasteiger partial charge in [0.2, 0.25) is 5.78 Å². The average Bonchev–Trinajstić information content (AvgIpc) is 3.09. The maximum atomic E-state index is 13.8. The van der Waals surface area contributed by atoms with Crippen molar-refractivity contribution in [2.45, 2.75) is 65.4 Å². The summed E-state index contributed by atoms with van der Waals surface area (Å²) in [4.78, 5) is 63.5. The first kappa shape index (κ1) is 24.3. The van der Waals surface area contributed by atoms with Crippen molar-refractivity contribution in [3.05, 3.63) is 36.0 Å². The minimum Gasteiger partial charge on any atom is -0.457 e. The molecule has 4 aliphatic carbocycles. The van der Waals surface area contributed by atoms with E-state index in [-0.39, 0.29) is 55.0 Å². The van der Waals surface area contributed by atoms with Gasteiger partial charge in [0.1, 0.15) is 5.78 Å². The number of allylic oxidation sites excluding steroid dienone is 6. The summed E-state index contributed by atoms with van der Waals surface area (Å²) in [6, 6.07) is 0. The summed E-state index contributed by atoms with van der Waals surface area (Å²) in [6.07, 6.45) is 10.0. The van der Waals surface area contributed by atoms with Gasteiger partial charge in [0.05, 0.1) is 0 Å². The molecule has 0 aliphatic heterocycles. The molecule has 0 aromatic rings. The fourth-order valence-electron chi connectivity index (χ4n) is 6.80. The average molecular weight is 469 g/mol. The van der Waals surface area contributed by atoms with Gasteiger partial charge in [-0.1, -0.05) is 45.9 Å². The molecule has 4 rings (SSSR count). The first-order chi connectivity index (χ1) is 16.0. The fraction of sp³-hybridized carbons (Fsp3) is 0.593. The van der Waals surface area contributed by atoms with E-state index in [1.165, 1.54) is 6.08 Å². The van der Waals surface area contributed by atoms with Crippen LogP contribution in [0.25, 0.3) is 0 Å². The minimum absolute atomic E-state index is 0.0160. The highest BCUT2D eigenvalue weighted by atomic mass is 16.6. The molecule has 0 radical (unpaired) electrons. The number of hydrogen-bond acceptors (Lipinski definition) is 7. The normalized spacial score (nSPS) is 37.9. The molecule has 2 saturated carbocycles. The minimum atomic E-state index is -1.53. The molecule has 0 heterocycles. The van der Waals surface area contributed by atoms with Gasteiger partial charge in [-0.05, 0) is 42.4 Å². The second-order valence-electron chi connectivity index (χ2n) is 10.3. The van der Waals surface area contributed by atoms with Gasteiger partial charge >= 0.3 is 11.9 Å². The molecular formula is C27H32O7. The molecular weight excluding hydrogens is 436 g/mol. The standard InChI is InChI=1S/C27H32O7/c1-5-22(31)33-15-21(30)27(34-23(32)6-2)12-10-19-18-8-7-16-13-17(28)9-11-25(16,3)24(18)20(29)14-26(19,27)4/h7-9,11,13,18-19,24H,5-6,10,12,14-15H2,1-4H3/t18-,19-,24+,25?,26-,27-/m0/s1. The number of rotatable bonds is 6. The second kappa shape index (κ2) is 8.43. The first-order valence-corrected chi connectivity index (χ1v) is 12.1. The molecule has 7 heteroatoms. The lowest BCUT2D eigenvalue weighted by Crippen LogP contribution is -2.61.